The Balaban J connectivity index is 1.68. The zero-order chi connectivity index (χ0) is 18.2. The molecule has 7 heteroatoms. The fraction of sp³-hybridized carbons (Fsp3) is 0.222. The maximum atomic E-state index is 12.0. The zero-order valence-electron chi connectivity index (χ0n) is 13.6. The summed E-state index contributed by atoms with van der Waals surface area (Å²) in [5.41, 5.74) is 1.50. The van der Waals surface area contributed by atoms with Gasteiger partial charge in [0.2, 0.25) is 5.91 Å². The molecule has 25 heavy (non-hydrogen) atoms. The van der Waals surface area contributed by atoms with Gasteiger partial charge in [-0.15, -0.1) is 11.8 Å². The van der Waals surface area contributed by atoms with Crippen LogP contribution in [0.1, 0.15) is 15.9 Å². The molecule has 0 aliphatic rings. The Morgan fingerprint density at radius 2 is 1.76 bits per heavy atom. The first kappa shape index (κ1) is 19.6. The average Bonchev–Trinajstić information content (AvgIpc) is 2.58. The number of thioether (sulfide) groups is 1. The monoisotopic (exact) mass is 396 g/mol. The number of aryl methyl sites for hydroxylation is 1. The van der Waals surface area contributed by atoms with E-state index in [-0.39, 0.29) is 23.0 Å². The molecular weight excluding hydrogens is 379 g/mol. The first-order chi connectivity index (χ1) is 12.0. The van der Waals surface area contributed by atoms with Crippen molar-refractivity contribution in [1.29, 1.82) is 0 Å². The van der Waals surface area contributed by atoms with Gasteiger partial charge in [-0.1, -0.05) is 40.9 Å². The molecule has 0 fully saturated rings. The van der Waals surface area contributed by atoms with Crippen LogP contribution in [0.5, 0.6) is 0 Å². The lowest BCUT2D eigenvalue weighted by molar-refractivity contribution is -0.120. The summed E-state index contributed by atoms with van der Waals surface area (Å²) < 4.78 is 0. The van der Waals surface area contributed by atoms with E-state index in [0.717, 1.165) is 10.6 Å². The van der Waals surface area contributed by atoms with Crippen molar-refractivity contribution in [2.75, 3.05) is 18.8 Å². The Morgan fingerprint density at radius 1 is 1.04 bits per heavy atom. The minimum absolute atomic E-state index is 0.104. The van der Waals surface area contributed by atoms with Gasteiger partial charge in [0.05, 0.1) is 17.1 Å². The number of carbonyl (C=O) groups is 2. The van der Waals surface area contributed by atoms with Gasteiger partial charge in [0.25, 0.3) is 5.91 Å². The Kier molecular flexibility index (Phi) is 7.62. The van der Waals surface area contributed by atoms with E-state index in [1.165, 1.54) is 17.7 Å². The molecule has 0 radical (unpaired) electrons. The van der Waals surface area contributed by atoms with Crippen molar-refractivity contribution < 1.29 is 9.59 Å². The molecule has 2 N–H and O–H groups in total. The Morgan fingerprint density at radius 3 is 2.44 bits per heavy atom. The van der Waals surface area contributed by atoms with E-state index in [9.17, 15) is 9.59 Å². The van der Waals surface area contributed by atoms with Crippen LogP contribution in [0.3, 0.4) is 0 Å². The van der Waals surface area contributed by atoms with Crippen LogP contribution in [0, 0.1) is 6.92 Å². The largest absolute Gasteiger partial charge is 0.354 e. The summed E-state index contributed by atoms with van der Waals surface area (Å²) in [5, 5.41) is 6.00. The molecule has 132 valence electrons. The zero-order valence-corrected chi connectivity index (χ0v) is 16.0. The molecule has 0 heterocycles. The molecule has 0 unspecified atom stereocenters. The predicted octanol–water partition coefficient (Wildman–Crippen LogP) is 3.94. The molecule has 0 aliphatic carbocycles. The Bertz CT molecular complexity index is 751. The van der Waals surface area contributed by atoms with Gasteiger partial charge in [0.1, 0.15) is 0 Å². The quantitative estimate of drug-likeness (QED) is 0.550. The summed E-state index contributed by atoms with van der Waals surface area (Å²) in [7, 11) is 0. The number of halogens is 2. The molecular formula is C18H18Cl2N2O2S. The van der Waals surface area contributed by atoms with E-state index in [0.29, 0.717) is 11.6 Å². The third-order valence-electron chi connectivity index (χ3n) is 3.30. The SMILES string of the molecule is Cc1ccc(SCCNC(=O)CNC(=O)c2ccc(Cl)cc2Cl)cc1. The van der Waals surface area contributed by atoms with Crippen molar-refractivity contribution in [3.63, 3.8) is 0 Å². The van der Waals surface area contributed by atoms with Crippen molar-refractivity contribution >= 4 is 46.8 Å². The van der Waals surface area contributed by atoms with Crippen molar-refractivity contribution in [1.82, 2.24) is 10.6 Å². The first-order valence-electron chi connectivity index (χ1n) is 7.65. The highest BCUT2D eigenvalue weighted by molar-refractivity contribution is 7.99. The van der Waals surface area contributed by atoms with Gasteiger partial charge in [-0.25, -0.2) is 0 Å². The van der Waals surface area contributed by atoms with Crippen LogP contribution < -0.4 is 10.6 Å². The maximum Gasteiger partial charge on any atom is 0.253 e. The molecule has 2 rings (SSSR count). The third-order valence-corrected chi connectivity index (χ3v) is 4.86. The summed E-state index contributed by atoms with van der Waals surface area (Å²) in [5.74, 6) is 0.0972. The summed E-state index contributed by atoms with van der Waals surface area (Å²) >= 11 is 13.4. The minimum atomic E-state index is -0.411. The van der Waals surface area contributed by atoms with E-state index in [1.54, 1.807) is 17.8 Å². The van der Waals surface area contributed by atoms with E-state index in [4.69, 9.17) is 23.2 Å². The average molecular weight is 397 g/mol. The third kappa shape index (κ3) is 6.61. The molecule has 2 aromatic carbocycles. The van der Waals surface area contributed by atoms with Gasteiger partial charge >= 0.3 is 0 Å². The lowest BCUT2D eigenvalue weighted by atomic mass is 10.2. The number of benzene rings is 2. The normalized spacial score (nSPS) is 10.4. The fourth-order valence-corrected chi connectivity index (χ4v) is 3.25. The van der Waals surface area contributed by atoms with Gasteiger partial charge in [-0.2, -0.15) is 0 Å². The number of nitrogens with one attached hydrogen (secondary N) is 2. The molecule has 0 saturated carbocycles. The Hall–Kier alpha value is -1.69. The number of hydrogen-bond acceptors (Lipinski definition) is 3. The van der Waals surface area contributed by atoms with Gasteiger partial charge in [-0.05, 0) is 37.3 Å². The van der Waals surface area contributed by atoms with Crippen molar-refractivity contribution in [3.05, 3.63) is 63.6 Å². The Labute approximate surface area is 161 Å². The van der Waals surface area contributed by atoms with Crippen LogP contribution in [0.25, 0.3) is 0 Å². The van der Waals surface area contributed by atoms with E-state index in [1.807, 2.05) is 6.92 Å². The molecule has 4 nitrogen and oxygen atoms in total. The standard InChI is InChI=1S/C18H18Cl2N2O2S/c1-12-2-5-14(6-3-12)25-9-8-21-17(23)11-22-18(24)15-7-4-13(19)10-16(15)20/h2-7,10H,8-9,11H2,1H3,(H,21,23)(H,22,24). The molecule has 0 spiro atoms. The van der Waals surface area contributed by atoms with E-state index >= 15 is 0 Å². The van der Waals surface area contributed by atoms with Crippen molar-refractivity contribution in [2.45, 2.75) is 11.8 Å². The molecule has 0 aromatic heterocycles. The maximum absolute atomic E-state index is 12.0. The highest BCUT2D eigenvalue weighted by Gasteiger charge is 2.11. The van der Waals surface area contributed by atoms with Gasteiger partial charge < -0.3 is 10.6 Å². The number of rotatable bonds is 7. The van der Waals surface area contributed by atoms with Gasteiger partial charge in [0.15, 0.2) is 0 Å². The van der Waals surface area contributed by atoms with E-state index in [2.05, 4.69) is 34.9 Å². The van der Waals surface area contributed by atoms with E-state index < -0.39 is 5.91 Å². The van der Waals surface area contributed by atoms with Crippen molar-refractivity contribution in [2.24, 2.45) is 0 Å². The highest BCUT2D eigenvalue weighted by Crippen LogP contribution is 2.20. The summed E-state index contributed by atoms with van der Waals surface area (Å²) in [6, 6.07) is 12.8. The second-order valence-electron chi connectivity index (χ2n) is 5.32. The summed E-state index contributed by atoms with van der Waals surface area (Å²) in [4.78, 5) is 24.9. The lowest BCUT2D eigenvalue weighted by Crippen LogP contribution is -2.37. The van der Waals surface area contributed by atoms with Gasteiger partial charge in [0, 0.05) is 22.2 Å². The summed E-state index contributed by atoms with van der Waals surface area (Å²) in [6.45, 7) is 2.46. The summed E-state index contributed by atoms with van der Waals surface area (Å²) in [6.07, 6.45) is 0. The molecule has 0 aliphatic heterocycles. The van der Waals surface area contributed by atoms with Crippen molar-refractivity contribution in [3.8, 4) is 0 Å². The molecule has 0 atom stereocenters. The van der Waals surface area contributed by atoms with Crippen LogP contribution in [0.2, 0.25) is 10.0 Å². The first-order valence-corrected chi connectivity index (χ1v) is 9.39. The van der Waals surface area contributed by atoms with Crippen LogP contribution in [0.4, 0.5) is 0 Å². The van der Waals surface area contributed by atoms with Crippen LogP contribution >= 0.6 is 35.0 Å². The molecule has 0 saturated heterocycles. The number of amides is 2. The van der Waals surface area contributed by atoms with Crippen LogP contribution in [-0.2, 0) is 4.79 Å². The smallest absolute Gasteiger partial charge is 0.253 e. The molecule has 2 aromatic rings. The lowest BCUT2D eigenvalue weighted by Gasteiger charge is -2.08. The van der Waals surface area contributed by atoms with Crippen LogP contribution in [0.15, 0.2) is 47.4 Å². The highest BCUT2D eigenvalue weighted by atomic mass is 35.5. The molecule has 2 amide bonds. The van der Waals surface area contributed by atoms with Crippen LogP contribution in [-0.4, -0.2) is 30.7 Å². The molecule has 0 bridgehead atoms. The number of hydrogen-bond donors (Lipinski definition) is 2. The number of carbonyl (C=O) groups excluding carboxylic acids is 2. The second-order valence-corrected chi connectivity index (χ2v) is 7.33. The topological polar surface area (TPSA) is 58.2 Å². The van der Waals surface area contributed by atoms with Gasteiger partial charge in [-0.3, -0.25) is 9.59 Å². The predicted molar refractivity (Wildman–Crippen MR) is 104 cm³/mol. The second kappa shape index (κ2) is 9.70. The minimum Gasteiger partial charge on any atom is -0.354 e. The fourth-order valence-electron chi connectivity index (χ4n) is 1.99.